The summed E-state index contributed by atoms with van der Waals surface area (Å²) in [5.74, 6) is 0. The van der Waals surface area contributed by atoms with E-state index in [0.717, 1.165) is 5.69 Å². The first-order valence-corrected chi connectivity index (χ1v) is 10.9. The van der Waals surface area contributed by atoms with Crippen LogP contribution in [0.2, 0.25) is 0 Å². The second-order valence-corrected chi connectivity index (χ2v) is 10.2. The Balaban J connectivity index is 1.97. The van der Waals surface area contributed by atoms with Gasteiger partial charge in [0.15, 0.2) is 0 Å². The highest BCUT2D eigenvalue weighted by molar-refractivity contribution is 6.80. The van der Waals surface area contributed by atoms with Gasteiger partial charge in [-0.25, -0.2) is 4.98 Å². The molecule has 1 heterocycles. The van der Waals surface area contributed by atoms with E-state index in [4.69, 9.17) is 9.16 Å². The van der Waals surface area contributed by atoms with Gasteiger partial charge in [0.05, 0.1) is 18.1 Å². The Morgan fingerprint density at radius 2 is 1.52 bits per heavy atom. The normalized spacial score (nSPS) is 13.1. The van der Waals surface area contributed by atoms with Gasteiger partial charge in [0.25, 0.3) is 0 Å². The predicted octanol–water partition coefficient (Wildman–Crippen LogP) is 3.13. The Hall–Kier alpha value is -2.21. The highest BCUT2D eigenvalue weighted by atomic mass is 28.3. The Morgan fingerprint density at radius 1 is 0.963 bits per heavy atom. The monoisotopic (exact) mass is 380 g/mol. The molecule has 0 amide bonds. The molecule has 0 bridgehead atoms. The average molecular weight is 381 g/mol. The molecule has 0 radical (unpaired) electrons. The van der Waals surface area contributed by atoms with Gasteiger partial charge >= 0.3 is 0 Å². The smallest absolute Gasteiger partial charge is 0.240 e. The van der Waals surface area contributed by atoms with Gasteiger partial charge in [0.1, 0.15) is 6.73 Å². The van der Waals surface area contributed by atoms with Gasteiger partial charge in [-0.05, 0) is 15.8 Å². The van der Waals surface area contributed by atoms with Crippen molar-refractivity contribution in [2.75, 3.05) is 7.11 Å². The van der Waals surface area contributed by atoms with E-state index >= 15 is 0 Å². The van der Waals surface area contributed by atoms with Crippen molar-refractivity contribution in [1.29, 1.82) is 0 Å². The van der Waals surface area contributed by atoms with E-state index in [1.165, 1.54) is 10.4 Å². The third kappa shape index (κ3) is 4.94. The number of rotatable bonds is 7. The lowest BCUT2D eigenvalue weighted by Crippen LogP contribution is -2.47. The van der Waals surface area contributed by atoms with Crippen molar-refractivity contribution in [2.24, 2.45) is 5.41 Å². The van der Waals surface area contributed by atoms with Crippen molar-refractivity contribution in [2.45, 2.75) is 33.6 Å². The fraction of sp³-hybridized carbons (Fsp3) is 0.318. The first-order chi connectivity index (χ1) is 13.0. The minimum absolute atomic E-state index is 0.0823. The molecule has 2 aromatic carbocycles. The molecule has 142 valence electrons. The molecule has 3 rings (SSSR count). The summed E-state index contributed by atoms with van der Waals surface area (Å²) in [6.07, 6.45) is 3.73. The molecule has 0 saturated carbocycles. The van der Waals surface area contributed by atoms with Crippen LogP contribution in [0, 0.1) is 5.41 Å². The van der Waals surface area contributed by atoms with E-state index in [2.05, 4.69) is 74.3 Å². The summed E-state index contributed by atoms with van der Waals surface area (Å²) >= 11 is 0. The zero-order valence-electron chi connectivity index (χ0n) is 16.5. The van der Waals surface area contributed by atoms with E-state index < -0.39 is 9.04 Å². The molecule has 1 atom stereocenters. The van der Waals surface area contributed by atoms with E-state index in [-0.39, 0.29) is 11.5 Å². The maximum atomic E-state index is 6.89. The molecular weight excluding hydrogens is 352 g/mol. The van der Waals surface area contributed by atoms with Gasteiger partial charge in [-0.15, -0.1) is 0 Å². The maximum Gasteiger partial charge on any atom is 0.240 e. The molecule has 0 aliphatic rings. The Kier molecular flexibility index (Phi) is 6.26. The van der Waals surface area contributed by atoms with Crippen molar-refractivity contribution in [1.82, 2.24) is 9.55 Å². The first kappa shape index (κ1) is 19.5. The molecule has 0 aliphatic carbocycles. The summed E-state index contributed by atoms with van der Waals surface area (Å²) in [5.41, 5.74) is 0.866. The van der Waals surface area contributed by atoms with E-state index in [9.17, 15) is 0 Å². The van der Waals surface area contributed by atoms with Crippen LogP contribution in [0.1, 0.15) is 32.6 Å². The zero-order valence-corrected chi connectivity index (χ0v) is 17.7. The lowest BCUT2D eigenvalue weighted by atomic mass is 9.87. The molecule has 27 heavy (non-hydrogen) atoms. The molecule has 0 aliphatic heterocycles. The molecule has 1 unspecified atom stereocenters. The van der Waals surface area contributed by atoms with Crippen molar-refractivity contribution in [3.63, 3.8) is 0 Å². The van der Waals surface area contributed by atoms with Crippen LogP contribution in [-0.2, 0) is 15.9 Å². The number of imidazole rings is 1. The highest BCUT2D eigenvalue weighted by Crippen LogP contribution is 2.35. The van der Waals surface area contributed by atoms with Gasteiger partial charge in [0.2, 0.25) is 9.04 Å². The van der Waals surface area contributed by atoms with E-state index in [1.807, 2.05) is 29.2 Å². The molecule has 0 spiro atoms. The number of hydrogen-bond donors (Lipinski definition) is 0. The summed E-state index contributed by atoms with van der Waals surface area (Å²) in [6, 6.07) is 21.1. The van der Waals surface area contributed by atoms with Gasteiger partial charge < -0.3 is 13.7 Å². The number of methoxy groups -OCH3 is 1. The van der Waals surface area contributed by atoms with Gasteiger partial charge in [-0.1, -0.05) is 81.4 Å². The van der Waals surface area contributed by atoms with Crippen LogP contribution < -0.4 is 10.4 Å². The lowest BCUT2D eigenvalue weighted by Gasteiger charge is -2.33. The number of aromatic nitrogens is 2. The quantitative estimate of drug-likeness (QED) is 0.591. The third-order valence-corrected chi connectivity index (χ3v) is 6.99. The van der Waals surface area contributed by atoms with E-state index in [0.29, 0.717) is 6.73 Å². The lowest BCUT2D eigenvalue weighted by molar-refractivity contribution is 0.0855. The summed E-state index contributed by atoms with van der Waals surface area (Å²) in [7, 11) is -0.180. The largest absolute Gasteiger partial charge is 0.402 e. The maximum absolute atomic E-state index is 6.89. The Bertz CT molecular complexity index is 789. The zero-order chi connectivity index (χ0) is 19.3. The van der Waals surface area contributed by atoms with Crippen LogP contribution in [0.5, 0.6) is 0 Å². The van der Waals surface area contributed by atoms with Crippen LogP contribution in [0.25, 0.3) is 0 Å². The summed E-state index contributed by atoms with van der Waals surface area (Å²) in [4.78, 5) is 4.62. The van der Waals surface area contributed by atoms with Gasteiger partial charge in [-0.2, -0.15) is 0 Å². The molecule has 5 heteroatoms. The molecule has 4 nitrogen and oxygen atoms in total. The van der Waals surface area contributed by atoms with Crippen molar-refractivity contribution >= 4 is 19.4 Å². The van der Waals surface area contributed by atoms with Crippen molar-refractivity contribution < 1.29 is 9.16 Å². The summed E-state index contributed by atoms with van der Waals surface area (Å²) in [6.45, 7) is 7.10. The van der Waals surface area contributed by atoms with Gasteiger partial charge in [-0.3, -0.25) is 0 Å². The van der Waals surface area contributed by atoms with Crippen molar-refractivity contribution in [3.8, 4) is 0 Å². The topological polar surface area (TPSA) is 36.3 Å². The molecule has 1 aromatic heterocycles. The molecule has 3 aromatic rings. The summed E-state index contributed by atoms with van der Waals surface area (Å²) < 4.78 is 14.0. The van der Waals surface area contributed by atoms with Crippen LogP contribution in [0.15, 0.2) is 73.2 Å². The predicted molar refractivity (Wildman–Crippen MR) is 112 cm³/mol. The first-order valence-electron chi connectivity index (χ1n) is 9.25. The molecule has 0 saturated heterocycles. The van der Waals surface area contributed by atoms with Gasteiger partial charge in [0, 0.05) is 13.3 Å². The average Bonchev–Trinajstić information content (AvgIpc) is 3.11. The highest BCUT2D eigenvalue weighted by Gasteiger charge is 2.33. The second-order valence-electron chi connectivity index (χ2n) is 7.81. The van der Waals surface area contributed by atoms with Crippen LogP contribution in [0.4, 0.5) is 0 Å². The number of nitrogens with zero attached hydrogens (tertiary/aromatic N) is 2. The second kappa shape index (κ2) is 8.65. The fourth-order valence-electron chi connectivity index (χ4n) is 3.19. The fourth-order valence-corrected chi connectivity index (χ4v) is 5.85. The molecular formula is C22H28N2O2Si. The Morgan fingerprint density at radius 3 is 2.00 bits per heavy atom. The number of benzene rings is 2. The van der Waals surface area contributed by atoms with Crippen molar-refractivity contribution in [3.05, 3.63) is 78.9 Å². The minimum atomic E-state index is -1.87. The standard InChI is InChI=1S/C22H28N2O2Si/c1-22(2,3)21(20-15-24(16-23-20)17-25-4)26-27(18-11-7-5-8-12-18)19-13-9-6-10-14-19/h5-16,21,27H,17H2,1-4H3. The van der Waals surface area contributed by atoms with Crippen LogP contribution in [0.3, 0.4) is 0 Å². The molecule has 0 N–H and O–H groups in total. The number of hydrogen-bond acceptors (Lipinski definition) is 3. The minimum Gasteiger partial charge on any atom is -0.402 e. The molecule has 0 fully saturated rings. The van der Waals surface area contributed by atoms with Crippen LogP contribution in [-0.4, -0.2) is 25.7 Å². The SMILES string of the molecule is COCn1cnc(C(O[SiH](c2ccccc2)c2ccccc2)C(C)(C)C)c1. The van der Waals surface area contributed by atoms with Crippen LogP contribution >= 0.6 is 0 Å². The number of ether oxygens (including phenoxy) is 1. The Labute approximate surface area is 163 Å². The van der Waals surface area contributed by atoms with E-state index in [1.54, 1.807) is 7.11 Å². The summed E-state index contributed by atoms with van der Waals surface area (Å²) in [5, 5.41) is 2.54. The third-order valence-electron chi connectivity index (χ3n) is 4.46.